The van der Waals surface area contributed by atoms with Crippen LogP contribution in [-0.4, -0.2) is 54.3 Å². The fraction of sp³-hybridized carbons (Fsp3) is 1.00. The van der Waals surface area contributed by atoms with Crippen molar-refractivity contribution in [3.63, 3.8) is 0 Å². The van der Waals surface area contributed by atoms with E-state index in [1.54, 1.807) is 14.2 Å². The Bertz CT molecular complexity index is 218. The van der Waals surface area contributed by atoms with E-state index in [4.69, 9.17) is 9.47 Å². The Morgan fingerprint density at radius 3 is 2.39 bits per heavy atom. The summed E-state index contributed by atoms with van der Waals surface area (Å²) in [6.07, 6.45) is 2.15. The molecule has 0 aromatic rings. The second kappa shape index (κ2) is 9.47. The molecule has 3 atom stereocenters. The summed E-state index contributed by atoms with van der Waals surface area (Å²) in [5, 5.41) is 10.1. The number of alkyl halides is 1. The SMILES string of the molecule is CC[C@H](CC(O)N(C)CI)[C@](C)(CCOC)OC. The van der Waals surface area contributed by atoms with Crippen molar-refractivity contribution in [1.82, 2.24) is 4.90 Å². The van der Waals surface area contributed by atoms with Gasteiger partial charge in [-0.25, -0.2) is 0 Å². The number of aliphatic hydroxyl groups is 1. The molecule has 0 saturated carbocycles. The van der Waals surface area contributed by atoms with Crippen LogP contribution in [0.25, 0.3) is 0 Å². The van der Waals surface area contributed by atoms with Crippen LogP contribution >= 0.6 is 22.6 Å². The van der Waals surface area contributed by atoms with Gasteiger partial charge < -0.3 is 14.6 Å². The lowest BCUT2D eigenvalue weighted by Gasteiger charge is -2.38. The summed E-state index contributed by atoms with van der Waals surface area (Å²) >= 11 is 2.26. The van der Waals surface area contributed by atoms with E-state index in [0.29, 0.717) is 12.5 Å². The van der Waals surface area contributed by atoms with E-state index in [0.717, 1.165) is 23.8 Å². The van der Waals surface area contributed by atoms with Gasteiger partial charge in [-0.1, -0.05) is 35.9 Å². The van der Waals surface area contributed by atoms with E-state index in [1.165, 1.54) is 0 Å². The molecule has 0 rings (SSSR count). The van der Waals surface area contributed by atoms with Crippen molar-refractivity contribution in [3.8, 4) is 0 Å². The quantitative estimate of drug-likeness (QED) is 0.277. The van der Waals surface area contributed by atoms with E-state index >= 15 is 0 Å². The summed E-state index contributed by atoms with van der Waals surface area (Å²) in [5.74, 6) is 0.318. The Labute approximate surface area is 125 Å². The highest BCUT2D eigenvalue weighted by atomic mass is 127. The number of ether oxygens (including phenoxy) is 2. The Balaban J connectivity index is 4.60. The van der Waals surface area contributed by atoms with Crippen molar-refractivity contribution < 1.29 is 14.6 Å². The van der Waals surface area contributed by atoms with Gasteiger partial charge in [0.25, 0.3) is 0 Å². The molecule has 0 fully saturated rings. The highest BCUT2D eigenvalue weighted by Crippen LogP contribution is 2.32. The maximum Gasteiger partial charge on any atom is 0.108 e. The molecule has 5 heteroatoms. The Morgan fingerprint density at radius 2 is 2.00 bits per heavy atom. The van der Waals surface area contributed by atoms with E-state index in [2.05, 4.69) is 36.4 Å². The monoisotopic (exact) mass is 373 g/mol. The van der Waals surface area contributed by atoms with Gasteiger partial charge in [0.05, 0.1) is 10.2 Å². The molecule has 0 aliphatic heterocycles. The predicted molar refractivity (Wildman–Crippen MR) is 83.0 cm³/mol. The minimum absolute atomic E-state index is 0.238. The number of hydrogen-bond acceptors (Lipinski definition) is 4. The Morgan fingerprint density at radius 1 is 1.39 bits per heavy atom. The Hall–Kier alpha value is 0.570. The fourth-order valence-corrected chi connectivity index (χ4v) is 2.59. The molecule has 0 heterocycles. The first-order chi connectivity index (χ1) is 8.45. The van der Waals surface area contributed by atoms with Gasteiger partial charge in [0, 0.05) is 20.8 Å². The minimum atomic E-state index is -0.413. The summed E-state index contributed by atoms with van der Waals surface area (Å²) in [5.41, 5.74) is -0.238. The smallest absolute Gasteiger partial charge is 0.108 e. The van der Waals surface area contributed by atoms with Crippen molar-refractivity contribution >= 4 is 22.6 Å². The van der Waals surface area contributed by atoms with Crippen LogP contribution in [0.3, 0.4) is 0 Å². The summed E-state index contributed by atoms with van der Waals surface area (Å²) in [7, 11) is 5.38. The molecular weight excluding hydrogens is 345 g/mol. The maximum atomic E-state index is 10.1. The molecule has 4 nitrogen and oxygen atoms in total. The summed E-state index contributed by atoms with van der Waals surface area (Å²) in [6.45, 7) is 4.93. The molecule has 110 valence electrons. The number of rotatable bonds is 10. The normalized spacial score (nSPS) is 18.7. The van der Waals surface area contributed by atoms with Crippen molar-refractivity contribution in [2.24, 2.45) is 5.92 Å². The van der Waals surface area contributed by atoms with Gasteiger partial charge >= 0.3 is 0 Å². The molecule has 1 unspecified atom stereocenters. The third-order valence-electron chi connectivity index (χ3n) is 3.82. The van der Waals surface area contributed by atoms with Crippen molar-refractivity contribution in [2.75, 3.05) is 32.4 Å². The van der Waals surface area contributed by atoms with E-state index in [9.17, 15) is 5.11 Å². The van der Waals surface area contributed by atoms with Crippen molar-refractivity contribution in [1.29, 1.82) is 0 Å². The fourth-order valence-electron chi connectivity index (χ4n) is 2.14. The molecule has 0 bridgehead atoms. The van der Waals surface area contributed by atoms with Crippen LogP contribution in [0.1, 0.15) is 33.1 Å². The van der Waals surface area contributed by atoms with Crippen LogP contribution in [0, 0.1) is 5.92 Å². The first-order valence-electron chi connectivity index (χ1n) is 6.43. The van der Waals surface area contributed by atoms with Crippen molar-refractivity contribution in [3.05, 3.63) is 0 Å². The largest absolute Gasteiger partial charge is 0.385 e. The first-order valence-corrected chi connectivity index (χ1v) is 7.96. The minimum Gasteiger partial charge on any atom is -0.385 e. The van der Waals surface area contributed by atoms with Crippen LogP contribution < -0.4 is 0 Å². The zero-order valence-electron chi connectivity index (χ0n) is 12.3. The lowest BCUT2D eigenvalue weighted by atomic mass is 9.81. The number of nitrogens with zero attached hydrogens (tertiary/aromatic N) is 1. The molecule has 0 amide bonds. The third-order valence-corrected chi connectivity index (χ3v) is 4.89. The van der Waals surface area contributed by atoms with Gasteiger partial charge in [0.1, 0.15) is 6.23 Å². The number of methoxy groups -OCH3 is 2. The van der Waals surface area contributed by atoms with Gasteiger partial charge in [-0.3, -0.25) is 4.90 Å². The second-order valence-electron chi connectivity index (χ2n) is 4.96. The van der Waals surface area contributed by atoms with Crippen molar-refractivity contribution in [2.45, 2.75) is 44.9 Å². The Kier molecular flexibility index (Phi) is 9.77. The van der Waals surface area contributed by atoms with Gasteiger partial charge in [-0.05, 0) is 32.7 Å². The second-order valence-corrected chi connectivity index (χ2v) is 5.64. The van der Waals surface area contributed by atoms with Crippen LogP contribution in [0.5, 0.6) is 0 Å². The van der Waals surface area contributed by atoms with E-state index in [1.807, 2.05) is 11.9 Å². The maximum absolute atomic E-state index is 10.1. The van der Waals surface area contributed by atoms with Crippen LogP contribution in [-0.2, 0) is 9.47 Å². The standard InChI is InChI=1S/C13H28INO3/c1-6-11(9-12(16)15(3)10-14)13(2,18-5)7-8-17-4/h11-12,16H,6-10H2,1-5H3/t11-,12?,13+/m1/s1. The summed E-state index contributed by atoms with van der Waals surface area (Å²) in [4.78, 5) is 1.94. The summed E-state index contributed by atoms with van der Waals surface area (Å²) < 4.78 is 11.7. The highest BCUT2D eigenvalue weighted by molar-refractivity contribution is 14.1. The molecule has 0 aromatic carbocycles. The average molecular weight is 373 g/mol. The molecule has 0 radical (unpaired) electrons. The number of hydrogen-bond donors (Lipinski definition) is 1. The molecule has 0 saturated heterocycles. The summed E-state index contributed by atoms with van der Waals surface area (Å²) in [6, 6.07) is 0. The lowest BCUT2D eigenvalue weighted by molar-refractivity contribution is -0.0889. The zero-order chi connectivity index (χ0) is 14.2. The zero-order valence-corrected chi connectivity index (χ0v) is 14.4. The highest BCUT2D eigenvalue weighted by Gasteiger charge is 2.34. The average Bonchev–Trinajstić information content (AvgIpc) is 2.40. The van der Waals surface area contributed by atoms with Crippen LogP contribution in [0.15, 0.2) is 0 Å². The van der Waals surface area contributed by atoms with Gasteiger partial charge in [-0.15, -0.1) is 0 Å². The molecule has 0 spiro atoms. The van der Waals surface area contributed by atoms with Crippen LogP contribution in [0.2, 0.25) is 0 Å². The van der Waals surface area contributed by atoms with Gasteiger partial charge in [0.15, 0.2) is 0 Å². The number of halogens is 1. The van der Waals surface area contributed by atoms with Gasteiger partial charge in [0.2, 0.25) is 0 Å². The van der Waals surface area contributed by atoms with E-state index in [-0.39, 0.29) is 5.60 Å². The van der Waals surface area contributed by atoms with Crippen LogP contribution in [0.4, 0.5) is 0 Å². The molecule has 0 aromatic heterocycles. The topological polar surface area (TPSA) is 41.9 Å². The molecule has 0 aliphatic rings. The molecule has 0 aliphatic carbocycles. The number of aliphatic hydroxyl groups excluding tert-OH is 1. The molecule has 18 heavy (non-hydrogen) atoms. The molecule has 1 N–H and O–H groups in total. The first kappa shape index (κ1) is 18.6. The lowest BCUT2D eigenvalue weighted by Crippen LogP contribution is -2.42. The predicted octanol–water partition coefficient (Wildman–Crippen LogP) is 2.49. The third kappa shape index (κ3) is 5.69. The van der Waals surface area contributed by atoms with Gasteiger partial charge in [-0.2, -0.15) is 0 Å². The van der Waals surface area contributed by atoms with E-state index < -0.39 is 6.23 Å². The molecular formula is C13H28INO3.